The smallest absolute Gasteiger partial charge is 0.334 e. The summed E-state index contributed by atoms with van der Waals surface area (Å²) in [5.74, 6) is -0.300. The predicted octanol–water partition coefficient (Wildman–Crippen LogP) is 3.03. The molecule has 0 heterocycles. The zero-order chi connectivity index (χ0) is 10.4. The summed E-state index contributed by atoms with van der Waals surface area (Å²) in [7, 11) is 0. The van der Waals surface area contributed by atoms with Crippen LogP contribution < -0.4 is 0 Å². The summed E-state index contributed by atoms with van der Waals surface area (Å²) >= 11 is 3.08. The van der Waals surface area contributed by atoms with Gasteiger partial charge in [-0.05, 0) is 17.5 Å². The van der Waals surface area contributed by atoms with Crippen molar-refractivity contribution in [1.29, 1.82) is 0 Å². The van der Waals surface area contributed by atoms with E-state index in [9.17, 15) is 4.79 Å². The highest BCUT2D eigenvalue weighted by molar-refractivity contribution is 9.11. The number of benzene rings is 1. The van der Waals surface area contributed by atoms with E-state index in [4.69, 9.17) is 4.74 Å². The van der Waals surface area contributed by atoms with Gasteiger partial charge < -0.3 is 4.74 Å². The number of hydrogen-bond acceptors (Lipinski definition) is 2. The standard InChI is InChI=1S/C11H11BrO2/c1-9(7-12)11(13)14-8-10-5-3-2-4-6-10/h2-7H,8H2,1H3/b9-7+. The molecule has 0 amide bonds. The topological polar surface area (TPSA) is 26.3 Å². The molecule has 0 saturated carbocycles. The molecule has 1 rings (SSSR count). The van der Waals surface area contributed by atoms with E-state index in [0.29, 0.717) is 12.2 Å². The second-order valence-corrected chi connectivity index (χ2v) is 3.31. The maximum Gasteiger partial charge on any atom is 0.334 e. The number of rotatable bonds is 3. The monoisotopic (exact) mass is 254 g/mol. The van der Waals surface area contributed by atoms with Crippen molar-refractivity contribution in [2.24, 2.45) is 0 Å². The van der Waals surface area contributed by atoms with Crippen LogP contribution in [-0.4, -0.2) is 5.97 Å². The van der Waals surface area contributed by atoms with Crippen LogP contribution in [0.25, 0.3) is 0 Å². The summed E-state index contributed by atoms with van der Waals surface area (Å²) < 4.78 is 5.04. The molecule has 0 aliphatic rings. The first-order valence-corrected chi connectivity index (χ1v) is 5.13. The van der Waals surface area contributed by atoms with Crippen LogP contribution in [0, 0.1) is 0 Å². The first-order chi connectivity index (χ1) is 6.74. The van der Waals surface area contributed by atoms with E-state index in [1.807, 2.05) is 30.3 Å². The van der Waals surface area contributed by atoms with Gasteiger partial charge in [0.25, 0.3) is 0 Å². The SMILES string of the molecule is C/C(=C\Br)C(=O)OCc1ccccc1. The van der Waals surface area contributed by atoms with Gasteiger partial charge >= 0.3 is 5.97 Å². The molecule has 0 aliphatic carbocycles. The van der Waals surface area contributed by atoms with Gasteiger partial charge in [0.05, 0.1) is 0 Å². The summed E-state index contributed by atoms with van der Waals surface area (Å²) in [6.07, 6.45) is 0. The fraction of sp³-hybridized carbons (Fsp3) is 0.182. The summed E-state index contributed by atoms with van der Waals surface area (Å²) in [5.41, 5.74) is 1.55. The molecule has 0 radical (unpaired) electrons. The minimum atomic E-state index is -0.300. The molecule has 0 saturated heterocycles. The molecule has 0 atom stereocenters. The average molecular weight is 255 g/mol. The molecule has 0 fully saturated rings. The Morgan fingerprint density at radius 1 is 1.43 bits per heavy atom. The lowest BCUT2D eigenvalue weighted by Crippen LogP contribution is -2.05. The van der Waals surface area contributed by atoms with Gasteiger partial charge in [-0.15, -0.1) is 0 Å². The van der Waals surface area contributed by atoms with Crippen LogP contribution in [0.3, 0.4) is 0 Å². The Morgan fingerprint density at radius 2 is 2.07 bits per heavy atom. The summed E-state index contributed by atoms with van der Waals surface area (Å²) in [5, 5.41) is 0. The Kier molecular flexibility index (Phi) is 4.40. The third-order valence-corrected chi connectivity index (χ3v) is 2.39. The van der Waals surface area contributed by atoms with Crippen LogP contribution in [0.2, 0.25) is 0 Å². The highest BCUT2D eigenvalue weighted by Crippen LogP contribution is 2.05. The number of ether oxygens (including phenoxy) is 1. The third-order valence-electron chi connectivity index (χ3n) is 1.70. The van der Waals surface area contributed by atoms with Gasteiger partial charge in [0.1, 0.15) is 6.61 Å². The number of esters is 1. The Balaban J connectivity index is 2.46. The molecular weight excluding hydrogens is 244 g/mol. The Hall–Kier alpha value is -1.09. The molecule has 14 heavy (non-hydrogen) atoms. The highest BCUT2D eigenvalue weighted by atomic mass is 79.9. The molecule has 3 heteroatoms. The molecular formula is C11H11BrO2. The van der Waals surface area contributed by atoms with Crippen molar-refractivity contribution in [3.05, 3.63) is 46.5 Å². The number of carbonyl (C=O) groups is 1. The molecule has 0 aliphatic heterocycles. The van der Waals surface area contributed by atoms with Crippen LogP contribution in [0.15, 0.2) is 40.9 Å². The Morgan fingerprint density at radius 3 is 2.64 bits per heavy atom. The van der Waals surface area contributed by atoms with Gasteiger partial charge in [-0.2, -0.15) is 0 Å². The maximum atomic E-state index is 11.2. The van der Waals surface area contributed by atoms with Crippen molar-refractivity contribution in [2.75, 3.05) is 0 Å². The number of carbonyl (C=O) groups excluding carboxylic acids is 1. The Bertz CT molecular complexity index is 330. The third kappa shape index (κ3) is 3.34. The molecule has 1 aromatic rings. The summed E-state index contributed by atoms with van der Waals surface area (Å²) in [4.78, 5) is 12.8. The van der Waals surface area contributed by atoms with Crippen LogP contribution in [0.5, 0.6) is 0 Å². The minimum absolute atomic E-state index is 0.300. The van der Waals surface area contributed by atoms with Crippen LogP contribution in [0.1, 0.15) is 12.5 Å². The summed E-state index contributed by atoms with van der Waals surface area (Å²) in [6.45, 7) is 2.01. The molecule has 1 aromatic carbocycles. The quantitative estimate of drug-likeness (QED) is 0.613. The molecule has 0 bridgehead atoms. The van der Waals surface area contributed by atoms with E-state index >= 15 is 0 Å². The van der Waals surface area contributed by atoms with Crippen molar-refractivity contribution in [3.8, 4) is 0 Å². The lowest BCUT2D eigenvalue weighted by molar-refractivity contribution is -0.140. The summed E-state index contributed by atoms with van der Waals surface area (Å²) in [6, 6.07) is 9.59. The van der Waals surface area contributed by atoms with E-state index in [1.165, 1.54) is 0 Å². The van der Waals surface area contributed by atoms with Gasteiger partial charge in [-0.25, -0.2) is 4.79 Å². The van der Waals surface area contributed by atoms with E-state index in [-0.39, 0.29) is 5.97 Å². The largest absolute Gasteiger partial charge is 0.457 e. The van der Waals surface area contributed by atoms with Crippen LogP contribution >= 0.6 is 15.9 Å². The lowest BCUT2D eigenvalue weighted by atomic mass is 10.2. The van der Waals surface area contributed by atoms with Crippen molar-refractivity contribution in [2.45, 2.75) is 13.5 Å². The zero-order valence-electron chi connectivity index (χ0n) is 7.87. The van der Waals surface area contributed by atoms with Gasteiger partial charge in [0.15, 0.2) is 0 Å². The van der Waals surface area contributed by atoms with E-state index in [1.54, 1.807) is 11.9 Å². The second-order valence-electron chi connectivity index (χ2n) is 2.85. The zero-order valence-corrected chi connectivity index (χ0v) is 9.45. The normalized spacial score (nSPS) is 11.1. The van der Waals surface area contributed by atoms with E-state index < -0.39 is 0 Å². The van der Waals surface area contributed by atoms with Gasteiger partial charge in [-0.3, -0.25) is 0 Å². The molecule has 0 unspecified atom stereocenters. The number of hydrogen-bond donors (Lipinski definition) is 0. The molecule has 74 valence electrons. The predicted molar refractivity (Wildman–Crippen MR) is 58.9 cm³/mol. The number of halogens is 1. The van der Waals surface area contributed by atoms with Gasteiger partial charge in [0.2, 0.25) is 0 Å². The highest BCUT2D eigenvalue weighted by Gasteiger charge is 2.04. The van der Waals surface area contributed by atoms with Crippen LogP contribution in [0.4, 0.5) is 0 Å². The maximum absolute atomic E-state index is 11.2. The first-order valence-electron chi connectivity index (χ1n) is 4.22. The molecule has 0 N–H and O–H groups in total. The average Bonchev–Trinajstić information content (AvgIpc) is 2.26. The fourth-order valence-corrected chi connectivity index (χ4v) is 1.07. The molecule has 2 nitrogen and oxygen atoms in total. The first kappa shape index (κ1) is 11.0. The van der Waals surface area contributed by atoms with Crippen molar-refractivity contribution < 1.29 is 9.53 Å². The minimum Gasteiger partial charge on any atom is -0.457 e. The van der Waals surface area contributed by atoms with Gasteiger partial charge in [-0.1, -0.05) is 46.3 Å². The van der Waals surface area contributed by atoms with Crippen molar-refractivity contribution >= 4 is 21.9 Å². The van der Waals surface area contributed by atoms with Gasteiger partial charge in [0, 0.05) is 5.57 Å². The molecule has 0 aromatic heterocycles. The second kappa shape index (κ2) is 5.60. The van der Waals surface area contributed by atoms with Crippen LogP contribution in [-0.2, 0) is 16.1 Å². The molecule has 0 spiro atoms. The van der Waals surface area contributed by atoms with Crippen molar-refractivity contribution in [1.82, 2.24) is 0 Å². The Labute approximate surface area is 91.7 Å². The van der Waals surface area contributed by atoms with E-state index in [2.05, 4.69) is 15.9 Å². The van der Waals surface area contributed by atoms with Crippen molar-refractivity contribution in [3.63, 3.8) is 0 Å². The lowest BCUT2D eigenvalue weighted by Gasteiger charge is -2.03. The van der Waals surface area contributed by atoms with E-state index in [0.717, 1.165) is 5.56 Å². The fourth-order valence-electron chi connectivity index (χ4n) is 0.881.